The lowest BCUT2D eigenvalue weighted by atomic mass is 9.84. The van der Waals surface area contributed by atoms with Crippen molar-refractivity contribution >= 4 is 5.78 Å². The van der Waals surface area contributed by atoms with Crippen molar-refractivity contribution < 1.29 is 9.53 Å². The van der Waals surface area contributed by atoms with E-state index in [0.29, 0.717) is 17.8 Å². The number of piperidine rings is 1. The molecule has 4 rings (SSSR count). The fourth-order valence-electron chi connectivity index (χ4n) is 4.76. The summed E-state index contributed by atoms with van der Waals surface area (Å²) in [6, 6.07) is 17.7. The Morgan fingerprint density at radius 2 is 1.77 bits per heavy atom. The average molecular weight is 349 g/mol. The Bertz CT molecular complexity index is 772. The first-order valence-electron chi connectivity index (χ1n) is 9.64. The van der Waals surface area contributed by atoms with Gasteiger partial charge in [-0.25, -0.2) is 0 Å². The lowest BCUT2D eigenvalue weighted by Crippen LogP contribution is -2.44. The number of ether oxygens (including phenoxy) is 1. The second kappa shape index (κ2) is 7.24. The highest BCUT2D eigenvalue weighted by Crippen LogP contribution is 2.41. The molecule has 2 aromatic carbocycles. The van der Waals surface area contributed by atoms with Crippen molar-refractivity contribution in [2.24, 2.45) is 5.92 Å². The van der Waals surface area contributed by atoms with Crippen LogP contribution in [0.4, 0.5) is 0 Å². The van der Waals surface area contributed by atoms with E-state index in [9.17, 15) is 4.79 Å². The minimum absolute atomic E-state index is 0.121. The second-order valence-electron chi connectivity index (χ2n) is 7.78. The number of hydrogen-bond donors (Lipinski definition) is 0. The Hall–Kier alpha value is -2.13. The monoisotopic (exact) mass is 349 g/mol. The summed E-state index contributed by atoms with van der Waals surface area (Å²) < 4.78 is 5.48. The smallest absolute Gasteiger partial charge is 0.169 e. The molecule has 2 saturated heterocycles. The minimum atomic E-state index is 0.121. The predicted octanol–water partition coefficient (Wildman–Crippen LogP) is 4.63. The number of benzene rings is 2. The molecule has 0 aliphatic carbocycles. The van der Waals surface area contributed by atoms with E-state index in [-0.39, 0.29) is 11.7 Å². The summed E-state index contributed by atoms with van der Waals surface area (Å²) in [6.45, 7) is 3.03. The van der Waals surface area contributed by atoms with Gasteiger partial charge < -0.3 is 4.74 Å². The van der Waals surface area contributed by atoms with E-state index in [1.165, 1.54) is 18.4 Å². The highest BCUT2D eigenvalue weighted by atomic mass is 16.5. The van der Waals surface area contributed by atoms with E-state index in [4.69, 9.17) is 4.74 Å². The van der Waals surface area contributed by atoms with Crippen LogP contribution in [-0.2, 0) is 6.54 Å². The maximum atomic E-state index is 13.2. The van der Waals surface area contributed by atoms with Gasteiger partial charge in [-0.15, -0.1) is 0 Å². The van der Waals surface area contributed by atoms with E-state index in [1.54, 1.807) is 7.11 Å². The SMILES string of the molecule is COc1cc(C)ccc1C(=O)C1CC2CCC(C1)N2Cc1ccccc1. The number of hydrogen-bond acceptors (Lipinski definition) is 3. The van der Waals surface area contributed by atoms with Crippen LogP contribution in [0.15, 0.2) is 48.5 Å². The van der Waals surface area contributed by atoms with Crippen LogP contribution in [0, 0.1) is 12.8 Å². The van der Waals surface area contributed by atoms with Gasteiger partial charge in [0.25, 0.3) is 0 Å². The number of carbonyl (C=O) groups is 1. The fraction of sp³-hybridized carbons (Fsp3) is 0.435. The Balaban J connectivity index is 1.49. The summed E-state index contributed by atoms with van der Waals surface area (Å²) in [5.74, 6) is 1.10. The fourth-order valence-corrected chi connectivity index (χ4v) is 4.76. The Kier molecular flexibility index (Phi) is 4.82. The molecule has 0 saturated carbocycles. The van der Waals surface area contributed by atoms with Gasteiger partial charge in [0.2, 0.25) is 0 Å². The molecule has 2 bridgehead atoms. The zero-order chi connectivity index (χ0) is 18.1. The summed E-state index contributed by atoms with van der Waals surface area (Å²) in [6.07, 6.45) is 4.37. The van der Waals surface area contributed by atoms with Gasteiger partial charge in [0.1, 0.15) is 5.75 Å². The molecule has 2 heterocycles. The van der Waals surface area contributed by atoms with Gasteiger partial charge in [-0.1, -0.05) is 36.4 Å². The zero-order valence-corrected chi connectivity index (χ0v) is 15.7. The van der Waals surface area contributed by atoms with Crippen molar-refractivity contribution in [3.63, 3.8) is 0 Å². The topological polar surface area (TPSA) is 29.5 Å². The lowest BCUT2D eigenvalue weighted by molar-refractivity contribution is 0.0676. The summed E-state index contributed by atoms with van der Waals surface area (Å²) in [4.78, 5) is 15.8. The second-order valence-corrected chi connectivity index (χ2v) is 7.78. The van der Waals surface area contributed by atoms with Crippen LogP contribution in [-0.4, -0.2) is 29.9 Å². The molecule has 0 N–H and O–H groups in total. The van der Waals surface area contributed by atoms with Gasteiger partial charge in [-0.2, -0.15) is 0 Å². The summed E-state index contributed by atoms with van der Waals surface area (Å²) in [7, 11) is 1.65. The van der Waals surface area contributed by atoms with Crippen molar-refractivity contribution in [3.05, 3.63) is 65.2 Å². The maximum Gasteiger partial charge on any atom is 0.169 e. The molecular formula is C23H27NO2. The summed E-state index contributed by atoms with van der Waals surface area (Å²) in [5.41, 5.74) is 3.24. The molecular weight excluding hydrogens is 322 g/mol. The number of ketones is 1. The van der Waals surface area contributed by atoms with E-state index in [1.807, 2.05) is 25.1 Å². The zero-order valence-electron chi connectivity index (χ0n) is 15.7. The Morgan fingerprint density at radius 3 is 2.42 bits per heavy atom. The number of fused-ring (bicyclic) bond motifs is 2. The van der Waals surface area contributed by atoms with Gasteiger partial charge >= 0.3 is 0 Å². The first-order valence-corrected chi connectivity index (χ1v) is 9.64. The van der Waals surface area contributed by atoms with Crippen LogP contribution in [0.2, 0.25) is 0 Å². The molecule has 0 radical (unpaired) electrons. The summed E-state index contributed by atoms with van der Waals surface area (Å²) >= 11 is 0. The molecule has 2 aliphatic heterocycles. The maximum absolute atomic E-state index is 13.2. The summed E-state index contributed by atoms with van der Waals surface area (Å²) in [5, 5.41) is 0. The first kappa shape index (κ1) is 17.3. The van der Waals surface area contributed by atoms with E-state index in [0.717, 1.165) is 30.5 Å². The molecule has 0 aromatic heterocycles. The van der Waals surface area contributed by atoms with Crippen molar-refractivity contribution in [1.29, 1.82) is 0 Å². The highest BCUT2D eigenvalue weighted by molar-refractivity contribution is 6.00. The van der Waals surface area contributed by atoms with Crippen LogP contribution in [0.1, 0.15) is 47.2 Å². The number of methoxy groups -OCH3 is 1. The van der Waals surface area contributed by atoms with E-state index >= 15 is 0 Å². The average Bonchev–Trinajstić information content (AvgIpc) is 2.89. The van der Waals surface area contributed by atoms with Crippen LogP contribution < -0.4 is 4.74 Å². The van der Waals surface area contributed by atoms with Crippen molar-refractivity contribution in [2.45, 2.75) is 51.2 Å². The largest absolute Gasteiger partial charge is 0.496 e. The molecule has 2 aliphatic rings. The molecule has 2 aromatic rings. The third-order valence-corrected chi connectivity index (χ3v) is 6.09. The van der Waals surface area contributed by atoms with Crippen LogP contribution in [0.5, 0.6) is 5.75 Å². The molecule has 2 fully saturated rings. The molecule has 2 unspecified atom stereocenters. The van der Waals surface area contributed by atoms with Crippen LogP contribution in [0.3, 0.4) is 0 Å². The quantitative estimate of drug-likeness (QED) is 0.737. The van der Waals surface area contributed by atoms with Gasteiger partial charge in [-0.3, -0.25) is 9.69 Å². The molecule has 136 valence electrons. The van der Waals surface area contributed by atoms with Crippen LogP contribution in [0.25, 0.3) is 0 Å². The van der Waals surface area contributed by atoms with Crippen molar-refractivity contribution in [2.75, 3.05) is 7.11 Å². The van der Waals surface area contributed by atoms with Crippen molar-refractivity contribution in [3.8, 4) is 5.75 Å². The van der Waals surface area contributed by atoms with Gasteiger partial charge in [0.05, 0.1) is 12.7 Å². The molecule has 3 nitrogen and oxygen atoms in total. The standard InChI is InChI=1S/C23H27NO2/c1-16-8-11-21(22(12-16)26-2)23(25)18-13-19-9-10-20(14-18)24(19)15-17-6-4-3-5-7-17/h3-8,11-12,18-20H,9-10,13-15H2,1-2H3. The molecule has 26 heavy (non-hydrogen) atoms. The third kappa shape index (κ3) is 3.28. The Morgan fingerprint density at radius 1 is 1.08 bits per heavy atom. The lowest BCUT2D eigenvalue weighted by Gasteiger charge is -2.38. The third-order valence-electron chi connectivity index (χ3n) is 6.09. The van der Waals surface area contributed by atoms with E-state index < -0.39 is 0 Å². The molecule has 2 atom stereocenters. The van der Waals surface area contributed by atoms with Gasteiger partial charge in [-0.05, 0) is 55.9 Å². The molecule has 0 amide bonds. The highest BCUT2D eigenvalue weighted by Gasteiger charge is 2.43. The molecule has 0 spiro atoms. The number of Topliss-reactive ketones (excluding diaryl/α,β-unsaturated/α-hetero) is 1. The first-order chi connectivity index (χ1) is 12.7. The number of carbonyl (C=O) groups excluding carboxylic acids is 1. The van der Waals surface area contributed by atoms with Crippen molar-refractivity contribution in [1.82, 2.24) is 4.90 Å². The van der Waals surface area contributed by atoms with Gasteiger partial charge in [0, 0.05) is 24.5 Å². The predicted molar refractivity (Wildman–Crippen MR) is 104 cm³/mol. The minimum Gasteiger partial charge on any atom is -0.496 e. The normalized spacial score (nSPS) is 25.2. The number of nitrogens with zero attached hydrogens (tertiary/aromatic N) is 1. The number of rotatable bonds is 5. The number of aryl methyl sites for hydroxylation is 1. The molecule has 3 heteroatoms. The van der Waals surface area contributed by atoms with Crippen LogP contribution >= 0.6 is 0 Å². The van der Waals surface area contributed by atoms with E-state index in [2.05, 4.69) is 35.2 Å². The van der Waals surface area contributed by atoms with Gasteiger partial charge in [0.15, 0.2) is 5.78 Å². The Labute approximate surface area is 156 Å².